The predicted molar refractivity (Wildman–Crippen MR) is 102 cm³/mol. The van der Waals surface area contributed by atoms with E-state index in [9.17, 15) is 0 Å². The van der Waals surface area contributed by atoms with Gasteiger partial charge in [0.2, 0.25) is 0 Å². The third-order valence-corrected chi connectivity index (χ3v) is 4.94. The van der Waals surface area contributed by atoms with Crippen molar-refractivity contribution in [2.24, 2.45) is 0 Å². The first-order chi connectivity index (χ1) is 10.9. The van der Waals surface area contributed by atoms with Crippen molar-refractivity contribution in [2.45, 2.75) is 26.8 Å². The first-order valence-electron chi connectivity index (χ1n) is 7.08. The van der Waals surface area contributed by atoms with Crippen LogP contribution in [0.5, 0.6) is 0 Å². The minimum Gasteiger partial charge on any atom is -0.362 e. The second-order valence-electron chi connectivity index (χ2n) is 5.04. The number of rotatable bonds is 5. The maximum absolute atomic E-state index is 6.13. The highest BCUT2D eigenvalue weighted by molar-refractivity contribution is 7.80. The number of aromatic nitrogens is 2. The number of hydrogen-bond acceptors (Lipinski definition) is 2. The van der Waals surface area contributed by atoms with E-state index in [1.165, 1.54) is 0 Å². The fourth-order valence-corrected chi connectivity index (χ4v) is 2.79. The van der Waals surface area contributed by atoms with Gasteiger partial charge in [-0.15, -0.1) is 0 Å². The molecule has 0 fully saturated rings. The lowest BCUT2D eigenvalue weighted by Crippen LogP contribution is -2.30. The Morgan fingerprint density at radius 2 is 1.96 bits per heavy atom. The van der Waals surface area contributed by atoms with Crippen LogP contribution < -0.4 is 10.6 Å². The molecule has 0 amide bonds. The summed E-state index contributed by atoms with van der Waals surface area (Å²) in [5, 5.41) is 12.7. The zero-order valence-corrected chi connectivity index (χ0v) is 15.9. The molecule has 0 aliphatic rings. The molecule has 2 aromatic rings. The van der Waals surface area contributed by atoms with Gasteiger partial charge in [0.1, 0.15) is 0 Å². The monoisotopic (exact) mass is 390 g/mol. The molecule has 4 nitrogen and oxygen atoms in total. The Morgan fingerprint density at radius 3 is 2.61 bits per heavy atom. The Balaban J connectivity index is 1.79. The lowest BCUT2D eigenvalue weighted by atomic mass is 10.3. The molecule has 0 bridgehead atoms. The van der Waals surface area contributed by atoms with Crippen molar-refractivity contribution < 1.29 is 0 Å². The van der Waals surface area contributed by atoms with Crippen LogP contribution in [-0.2, 0) is 6.54 Å². The van der Waals surface area contributed by atoms with Crippen LogP contribution in [0.15, 0.2) is 18.2 Å². The van der Waals surface area contributed by atoms with Crippen LogP contribution in [0.4, 0.5) is 5.69 Å². The molecule has 124 valence electrons. The van der Waals surface area contributed by atoms with Crippen LogP contribution in [0.2, 0.25) is 15.1 Å². The van der Waals surface area contributed by atoms with E-state index in [-0.39, 0.29) is 0 Å². The Bertz CT molecular complexity index is 715. The number of halogens is 3. The van der Waals surface area contributed by atoms with Crippen molar-refractivity contribution in [3.63, 3.8) is 0 Å². The Labute approximate surface area is 156 Å². The van der Waals surface area contributed by atoms with Gasteiger partial charge in [-0.1, -0.05) is 40.9 Å². The van der Waals surface area contributed by atoms with E-state index in [0.717, 1.165) is 29.4 Å². The number of nitrogens with zero attached hydrogens (tertiary/aromatic N) is 2. The minimum absolute atomic E-state index is 0.454. The Morgan fingerprint density at radius 1 is 1.22 bits per heavy atom. The number of anilines is 1. The minimum atomic E-state index is 0.454. The van der Waals surface area contributed by atoms with Crippen LogP contribution in [0, 0.1) is 13.8 Å². The molecule has 0 saturated heterocycles. The van der Waals surface area contributed by atoms with Crippen molar-refractivity contribution in [3.05, 3.63) is 44.7 Å². The number of nitrogens with one attached hydrogen (secondary N) is 2. The van der Waals surface area contributed by atoms with Gasteiger partial charge in [-0.05, 0) is 44.6 Å². The molecule has 0 aliphatic carbocycles. The van der Waals surface area contributed by atoms with Gasteiger partial charge < -0.3 is 10.6 Å². The molecule has 0 spiro atoms. The third kappa shape index (κ3) is 4.73. The quantitative estimate of drug-likeness (QED) is 0.565. The smallest absolute Gasteiger partial charge is 0.170 e. The van der Waals surface area contributed by atoms with Crippen LogP contribution in [-0.4, -0.2) is 21.4 Å². The van der Waals surface area contributed by atoms with E-state index < -0.39 is 0 Å². The maximum atomic E-state index is 6.13. The lowest BCUT2D eigenvalue weighted by molar-refractivity contribution is 0.558. The predicted octanol–water partition coefficient (Wildman–Crippen LogP) is 4.84. The average Bonchev–Trinajstić information content (AvgIpc) is 2.76. The molecule has 0 radical (unpaired) electrons. The van der Waals surface area contributed by atoms with Gasteiger partial charge in [-0.3, -0.25) is 4.68 Å². The molecule has 8 heteroatoms. The van der Waals surface area contributed by atoms with Crippen LogP contribution in [0.1, 0.15) is 17.8 Å². The topological polar surface area (TPSA) is 41.9 Å². The van der Waals surface area contributed by atoms with Crippen molar-refractivity contribution in [2.75, 3.05) is 11.9 Å². The molecular weight excluding hydrogens is 375 g/mol. The summed E-state index contributed by atoms with van der Waals surface area (Å²) in [6.07, 6.45) is 0.864. The molecule has 1 aromatic carbocycles. The number of hydrogen-bond donors (Lipinski definition) is 2. The molecule has 2 rings (SSSR count). The largest absolute Gasteiger partial charge is 0.362 e. The van der Waals surface area contributed by atoms with Gasteiger partial charge in [0, 0.05) is 13.1 Å². The fourth-order valence-electron chi connectivity index (χ4n) is 2.09. The van der Waals surface area contributed by atoms with Gasteiger partial charge in [0.15, 0.2) is 5.11 Å². The van der Waals surface area contributed by atoms with Crippen molar-refractivity contribution >= 4 is 57.8 Å². The molecular formula is C15H17Cl3N4S. The van der Waals surface area contributed by atoms with Crippen LogP contribution in [0.25, 0.3) is 0 Å². The Kier molecular flexibility index (Phi) is 6.53. The molecule has 0 unspecified atom stereocenters. The summed E-state index contributed by atoms with van der Waals surface area (Å²) in [7, 11) is 0. The van der Waals surface area contributed by atoms with E-state index in [4.69, 9.17) is 47.0 Å². The number of benzene rings is 1. The standard InChI is InChI=1S/C15H17Cl3N4S/c1-9-13(17)10(2)22(21-9)8-4-7-19-15(23)20-12-6-3-5-11(16)14(12)18/h3,5-6H,4,7-8H2,1-2H3,(H2,19,20,23). The summed E-state index contributed by atoms with van der Waals surface area (Å²) in [4.78, 5) is 0. The highest BCUT2D eigenvalue weighted by atomic mass is 35.5. The van der Waals surface area contributed by atoms with Gasteiger partial charge >= 0.3 is 0 Å². The summed E-state index contributed by atoms with van der Waals surface area (Å²) < 4.78 is 1.91. The van der Waals surface area contributed by atoms with Crippen molar-refractivity contribution in [1.29, 1.82) is 0 Å². The molecule has 0 saturated carbocycles. The van der Waals surface area contributed by atoms with E-state index >= 15 is 0 Å². The van der Waals surface area contributed by atoms with Gasteiger partial charge in [0.05, 0.1) is 32.1 Å². The third-order valence-electron chi connectivity index (χ3n) is 3.33. The second kappa shape index (κ2) is 8.20. The highest BCUT2D eigenvalue weighted by Crippen LogP contribution is 2.29. The van der Waals surface area contributed by atoms with Gasteiger partial charge in [-0.25, -0.2) is 0 Å². The summed E-state index contributed by atoms with van der Waals surface area (Å²) >= 11 is 23.5. The molecule has 0 atom stereocenters. The lowest BCUT2D eigenvalue weighted by Gasteiger charge is -2.12. The summed E-state index contributed by atoms with van der Waals surface area (Å²) in [5.41, 5.74) is 2.52. The number of aryl methyl sites for hydroxylation is 2. The highest BCUT2D eigenvalue weighted by Gasteiger charge is 2.09. The molecule has 1 aromatic heterocycles. The normalized spacial score (nSPS) is 10.7. The van der Waals surface area contributed by atoms with E-state index in [2.05, 4.69) is 15.7 Å². The van der Waals surface area contributed by atoms with Crippen molar-refractivity contribution in [1.82, 2.24) is 15.1 Å². The maximum Gasteiger partial charge on any atom is 0.170 e. The fraction of sp³-hybridized carbons (Fsp3) is 0.333. The number of thiocarbonyl (C=S) groups is 1. The van der Waals surface area contributed by atoms with Crippen LogP contribution in [0.3, 0.4) is 0 Å². The SMILES string of the molecule is Cc1nn(CCCNC(=S)Nc2cccc(Cl)c2Cl)c(C)c1Cl. The van der Waals surface area contributed by atoms with E-state index in [1.54, 1.807) is 6.07 Å². The molecule has 0 aliphatic heterocycles. The summed E-state index contributed by atoms with van der Waals surface area (Å²) in [5.74, 6) is 0. The first kappa shape index (κ1) is 18.3. The zero-order valence-electron chi connectivity index (χ0n) is 12.8. The van der Waals surface area contributed by atoms with Crippen LogP contribution >= 0.6 is 47.0 Å². The second-order valence-corrected chi connectivity index (χ2v) is 6.62. The van der Waals surface area contributed by atoms with Gasteiger partial charge in [0.25, 0.3) is 0 Å². The first-order valence-corrected chi connectivity index (χ1v) is 8.62. The zero-order chi connectivity index (χ0) is 17.0. The Hall–Kier alpha value is -1.01. The summed E-state index contributed by atoms with van der Waals surface area (Å²) in [6.45, 7) is 5.34. The molecule has 23 heavy (non-hydrogen) atoms. The summed E-state index contributed by atoms with van der Waals surface area (Å²) in [6, 6.07) is 5.36. The van der Waals surface area contributed by atoms with E-state index in [0.29, 0.717) is 27.4 Å². The molecule has 1 heterocycles. The average molecular weight is 392 g/mol. The van der Waals surface area contributed by atoms with Crippen molar-refractivity contribution in [3.8, 4) is 0 Å². The molecule has 2 N–H and O–H groups in total. The van der Waals surface area contributed by atoms with Gasteiger partial charge in [-0.2, -0.15) is 5.10 Å². The van der Waals surface area contributed by atoms with E-state index in [1.807, 2.05) is 30.7 Å².